The van der Waals surface area contributed by atoms with E-state index in [1.807, 2.05) is 0 Å². The lowest BCUT2D eigenvalue weighted by molar-refractivity contribution is -0.138. The van der Waals surface area contributed by atoms with Crippen molar-refractivity contribution in [3.05, 3.63) is 57.0 Å². The molecule has 0 spiro atoms. The minimum absolute atomic E-state index is 0.0187. The van der Waals surface area contributed by atoms with E-state index in [4.69, 9.17) is 10.4 Å². The van der Waals surface area contributed by atoms with Gasteiger partial charge in [0.2, 0.25) is 0 Å². The first-order valence-electron chi connectivity index (χ1n) is 7.25. The maximum absolute atomic E-state index is 13.7. The van der Waals surface area contributed by atoms with Gasteiger partial charge in [-0.15, -0.1) is 0 Å². The van der Waals surface area contributed by atoms with Crippen LogP contribution in [-0.2, 0) is 10.5 Å². The Hall–Kier alpha value is -2.73. The van der Waals surface area contributed by atoms with Gasteiger partial charge in [0.05, 0.1) is 11.6 Å². The summed E-state index contributed by atoms with van der Waals surface area (Å²) in [4.78, 5) is 29.6. The van der Waals surface area contributed by atoms with E-state index in [1.165, 1.54) is 12.1 Å². The molecule has 2 atom stereocenters. The molecule has 2 unspecified atom stereocenters. The summed E-state index contributed by atoms with van der Waals surface area (Å²) >= 11 is 0.969. The lowest BCUT2D eigenvalue weighted by atomic mass is 10.1. The fraction of sp³-hybridized carbons (Fsp3) is 0.250. The Kier molecular flexibility index (Phi) is 4.55. The number of nitrogens with zero attached hydrogens (tertiary/aromatic N) is 2. The van der Waals surface area contributed by atoms with E-state index in [9.17, 15) is 18.4 Å². The molecule has 2 aromatic rings. The number of nitrogens with one attached hydrogen (secondary N) is 1. The number of carboxylic acids is 1. The van der Waals surface area contributed by atoms with Crippen LogP contribution in [0.4, 0.5) is 8.78 Å². The number of aromatic amines is 1. The van der Waals surface area contributed by atoms with Crippen LogP contribution >= 0.6 is 11.8 Å². The van der Waals surface area contributed by atoms with Crippen LogP contribution in [0, 0.1) is 28.9 Å². The molecule has 128 valence electrons. The van der Waals surface area contributed by atoms with E-state index in [1.54, 1.807) is 6.07 Å². The van der Waals surface area contributed by atoms with Crippen molar-refractivity contribution in [2.24, 2.45) is 5.92 Å². The summed E-state index contributed by atoms with van der Waals surface area (Å²) in [6.07, 6.45) is 0.309. The summed E-state index contributed by atoms with van der Waals surface area (Å²) in [6, 6.07) is 5.53. The molecule has 0 bridgehead atoms. The lowest BCUT2D eigenvalue weighted by Crippen LogP contribution is -2.17. The minimum atomic E-state index is -1.01. The van der Waals surface area contributed by atoms with Crippen molar-refractivity contribution < 1.29 is 18.7 Å². The molecule has 25 heavy (non-hydrogen) atoms. The van der Waals surface area contributed by atoms with Crippen molar-refractivity contribution in [2.45, 2.75) is 23.2 Å². The summed E-state index contributed by atoms with van der Waals surface area (Å²) in [5, 5.41) is 18.3. The van der Waals surface area contributed by atoms with Gasteiger partial charge in [0.15, 0.2) is 16.8 Å². The van der Waals surface area contributed by atoms with Crippen LogP contribution in [-0.4, -0.2) is 21.0 Å². The zero-order valence-corrected chi connectivity index (χ0v) is 13.4. The van der Waals surface area contributed by atoms with Gasteiger partial charge in [0.1, 0.15) is 11.6 Å². The van der Waals surface area contributed by atoms with E-state index >= 15 is 0 Å². The number of carboxylic acid groups (broad SMARTS) is 1. The zero-order chi connectivity index (χ0) is 18.1. The van der Waals surface area contributed by atoms with E-state index in [2.05, 4.69) is 9.97 Å². The summed E-state index contributed by atoms with van der Waals surface area (Å²) in [5.74, 6) is -4.08. The van der Waals surface area contributed by atoms with Gasteiger partial charge in [-0.2, -0.15) is 5.26 Å². The number of aliphatic carboxylic acids is 1. The molecular formula is C16H11F2N3O3S. The van der Waals surface area contributed by atoms with Crippen LogP contribution in [0.1, 0.15) is 29.2 Å². The first kappa shape index (κ1) is 17.1. The largest absolute Gasteiger partial charge is 0.481 e. The van der Waals surface area contributed by atoms with Gasteiger partial charge < -0.3 is 10.1 Å². The standard InChI is InChI=1S/C16H11F2N3O3S/c17-11-3-1-2-7(12(11)18)6-25-16-20-13(8-4-9(8)15(23)24)10(5-19)14(22)21-16/h1-3,8-9H,4,6H2,(H,23,24)(H,20,21,22). The maximum Gasteiger partial charge on any atom is 0.307 e. The van der Waals surface area contributed by atoms with Crippen molar-refractivity contribution in [3.8, 4) is 6.07 Å². The minimum Gasteiger partial charge on any atom is -0.481 e. The topological polar surface area (TPSA) is 107 Å². The molecular weight excluding hydrogens is 352 g/mol. The molecule has 0 radical (unpaired) electrons. The Morgan fingerprint density at radius 1 is 1.48 bits per heavy atom. The fourth-order valence-corrected chi connectivity index (χ4v) is 3.33. The van der Waals surface area contributed by atoms with Crippen LogP contribution in [0.3, 0.4) is 0 Å². The maximum atomic E-state index is 13.7. The summed E-state index contributed by atoms with van der Waals surface area (Å²) in [6.45, 7) is 0. The van der Waals surface area contributed by atoms with E-state index < -0.39 is 35.0 Å². The third-order valence-electron chi connectivity index (χ3n) is 3.89. The van der Waals surface area contributed by atoms with Crippen molar-refractivity contribution >= 4 is 17.7 Å². The number of hydrogen-bond acceptors (Lipinski definition) is 5. The SMILES string of the molecule is N#Cc1c(C2CC2C(=O)O)nc(SCc2cccc(F)c2F)[nH]c1=O. The van der Waals surface area contributed by atoms with Crippen LogP contribution in [0.5, 0.6) is 0 Å². The molecule has 1 fully saturated rings. The van der Waals surface area contributed by atoms with Gasteiger partial charge >= 0.3 is 5.97 Å². The van der Waals surface area contributed by atoms with Crippen molar-refractivity contribution in [1.82, 2.24) is 9.97 Å². The predicted molar refractivity (Wildman–Crippen MR) is 84.0 cm³/mol. The number of thioether (sulfide) groups is 1. The molecule has 1 saturated carbocycles. The summed E-state index contributed by atoms with van der Waals surface area (Å²) in [7, 11) is 0. The van der Waals surface area contributed by atoms with Crippen LogP contribution in [0.2, 0.25) is 0 Å². The molecule has 1 aromatic heterocycles. The van der Waals surface area contributed by atoms with Crippen molar-refractivity contribution in [3.63, 3.8) is 0 Å². The second-order valence-corrected chi connectivity index (χ2v) is 6.50. The molecule has 6 nitrogen and oxygen atoms in total. The Bertz CT molecular complexity index is 955. The second-order valence-electron chi connectivity index (χ2n) is 5.53. The molecule has 1 aliphatic rings. The van der Waals surface area contributed by atoms with E-state index in [0.29, 0.717) is 6.42 Å². The van der Waals surface area contributed by atoms with Gasteiger partial charge in [-0.05, 0) is 12.5 Å². The second kappa shape index (κ2) is 6.64. The molecule has 0 aliphatic heterocycles. The number of benzene rings is 1. The van der Waals surface area contributed by atoms with Crippen molar-refractivity contribution in [2.75, 3.05) is 0 Å². The number of rotatable bonds is 5. The highest BCUT2D eigenvalue weighted by Crippen LogP contribution is 2.47. The zero-order valence-electron chi connectivity index (χ0n) is 12.6. The smallest absolute Gasteiger partial charge is 0.307 e. The monoisotopic (exact) mass is 363 g/mol. The number of hydrogen-bond donors (Lipinski definition) is 2. The van der Waals surface area contributed by atoms with E-state index in [-0.39, 0.29) is 27.7 Å². The number of halogens is 2. The Morgan fingerprint density at radius 2 is 2.24 bits per heavy atom. The summed E-state index contributed by atoms with van der Waals surface area (Å²) < 4.78 is 26.9. The Labute approximate surface area is 144 Å². The normalized spacial score (nSPS) is 18.6. The number of H-pyrrole nitrogens is 1. The van der Waals surface area contributed by atoms with Gasteiger partial charge in [-0.1, -0.05) is 23.9 Å². The number of nitriles is 1. The molecule has 1 aromatic carbocycles. The van der Waals surface area contributed by atoms with Gasteiger partial charge in [0, 0.05) is 17.2 Å². The average Bonchev–Trinajstić information content (AvgIpc) is 3.36. The molecule has 2 N–H and O–H groups in total. The van der Waals surface area contributed by atoms with Crippen molar-refractivity contribution in [1.29, 1.82) is 5.26 Å². The first-order valence-corrected chi connectivity index (χ1v) is 8.23. The van der Waals surface area contributed by atoms with Crippen LogP contribution < -0.4 is 5.56 Å². The van der Waals surface area contributed by atoms with Gasteiger partial charge in [-0.25, -0.2) is 13.8 Å². The average molecular weight is 363 g/mol. The highest BCUT2D eigenvalue weighted by Gasteiger charge is 2.47. The quantitative estimate of drug-likeness (QED) is 0.624. The molecule has 0 saturated heterocycles. The van der Waals surface area contributed by atoms with E-state index in [0.717, 1.165) is 17.8 Å². The molecule has 3 rings (SSSR count). The third-order valence-corrected chi connectivity index (χ3v) is 4.81. The molecule has 1 heterocycles. The Morgan fingerprint density at radius 3 is 2.88 bits per heavy atom. The summed E-state index contributed by atoms with van der Waals surface area (Å²) in [5.41, 5.74) is -0.643. The first-order chi connectivity index (χ1) is 11.9. The highest BCUT2D eigenvalue weighted by molar-refractivity contribution is 7.98. The number of aromatic nitrogens is 2. The highest BCUT2D eigenvalue weighted by atomic mass is 32.2. The lowest BCUT2D eigenvalue weighted by Gasteiger charge is -2.06. The predicted octanol–water partition coefficient (Wildman–Crippen LogP) is 2.40. The number of carbonyl (C=O) groups is 1. The Balaban J connectivity index is 1.87. The molecule has 0 amide bonds. The molecule has 1 aliphatic carbocycles. The molecule has 9 heteroatoms. The van der Waals surface area contributed by atoms with Gasteiger partial charge in [0.25, 0.3) is 5.56 Å². The van der Waals surface area contributed by atoms with Gasteiger partial charge in [-0.3, -0.25) is 9.59 Å². The fourth-order valence-electron chi connectivity index (χ4n) is 2.49. The van der Waals surface area contributed by atoms with Crippen LogP contribution in [0.25, 0.3) is 0 Å². The van der Waals surface area contributed by atoms with Crippen LogP contribution in [0.15, 0.2) is 28.2 Å². The third kappa shape index (κ3) is 3.39.